The van der Waals surface area contributed by atoms with E-state index in [1.807, 2.05) is 24.3 Å². The lowest BCUT2D eigenvalue weighted by Gasteiger charge is -2.01. The lowest BCUT2D eigenvalue weighted by molar-refractivity contribution is -0.385. The summed E-state index contributed by atoms with van der Waals surface area (Å²) in [4.78, 5) is 20.6. The lowest BCUT2D eigenvalue weighted by atomic mass is 10.2. The maximum atomic E-state index is 10.8. The summed E-state index contributed by atoms with van der Waals surface area (Å²) in [5.41, 5.74) is 8.12. The number of hydrazone groups is 2. The van der Waals surface area contributed by atoms with Crippen molar-refractivity contribution in [3.05, 3.63) is 104 Å². The number of nitrogens with one attached hydrogen (secondary N) is 2. The van der Waals surface area contributed by atoms with Crippen LogP contribution in [0.2, 0.25) is 0 Å². The third kappa shape index (κ3) is 5.70. The molecule has 0 radical (unpaired) electrons. The molecule has 30 heavy (non-hydrogen) atoms. The smallest absolute Gasteiger partial charge is 0.271 e. The first-order valence-corrected chi connectivity index (χ1v) is 8.68. The molecule has 0 unspecified atom stereocenters. The molecule has 2 N–H and O–H groups in total. The highest BCUT2D eigenvalue weighted by Gasteiger charge is 2.05. The zero-order chi connectivity index (χ0) is 21.3. The molecule has 150 valence electrons. The van der Waals surface area contributed by atoms with Crippen molar-refractivity contribution in [2.24, 2.45) is 10.2 Å². The highest BCUT2D eigenvalue weighted by atomic mass is 16.6. The van der Waals surface area contributed by atoms with Crippen LogP contribution in [0.25, 0.3) is 0 Å². The molecule has 0 saturated heterocycles. The van der Waals surface area contributed by atoms with Gasteiger partial charge in [-0.3, -0.25) is 31.1 Å². The Hall–Kier alpha value is -4.60. The van der Waals surface area contributed by atoms with Crippen LogP contribution >= 0.6 is 0 Å². The third-order valence-electron chi connectivity index (χ3n) is 3.86. The molecule has 3 aromatic rings. The minimum absolute atomic E-state index is 0.0162. The van der Waals surface area contributed by atoms with Crippen LogP contribution in [-0.2, 0) is 0 Å². The number of benzene rings is 3. The molecular formula is C20H16N6O4. The first-order chi connectivity index (χ1) is 14.5. The number of anilines is 2. The van der Waals surface area contributed by atoms with Crippen molar-refractivity contribution >= 4 is 35.2 Å². The van der Waals surface area contributed by atoms with Gasteiger partial charge >= 0.3 is 0 Å². The second-order valence-corrected chi connectivity index (χ2v) is 6.02. The molecule has 0 atom stereocenters. The van der Waals surface area contributed by atoms with Crippen LogP contribution in [0.5, 0.6) is 0 Å². The van der Waals surface area contributed by atoms with E-state index in [1.54, 1.807) is 36.7 Å². The second-order valence-electron chi connectivity index (χ2n) is 6.02. The Kier molecular flexibility index (Phi) is 6.41. The second kappa shape index (κ2) is 9.55. The number of hydrogen-bond donors (Lipinski definition) is 2. The van der Waals surface area contributed by atoms with Crippen LogP contribution in [0.4, 0.5) is 22.7 Å². The van der Waals surface area contributed by atoms with Gasteiger partial charge in [0, 0.05) is 24.3 Å². The van der Waals surface area contributed by atoms with Gasteiger partial charge in [0.2, 0.25) is 0 Å². The summed E-state index contributed by atoms with van der Waals surface area (Å²) < 4.78 is 0. The Balaban J connectivity index is 1.55. The van der Waals surface area contributed by atoms with E-state index in [9.17, 15) is 20.2 Å². The van der Waals surface area contributed by atoms with Gasteiger partial charge < -0.3 is 0 Å². The van der Waals surface area contributed by atoms with Crippen LogP contribution in [0.15, 0.2) is 83.0 Å². The summed E-state index contributed by atoms with van der Waals surface area (Å²) in [5.74, 6) is 0. The molecule has 0 aliphatic rings. The maximum Gasteiger partial charge on any atom is 0.271 e. The van der Waals surface area contributed by atoms with Gasteiger partial charge in [-0.2, -0.15) is 10.2 Å². The molecule has 0 aromatic heterocycles. The average Bonchev–Trinajstić information content (AvgIpc) is 2.75. The number of non-ortho nitro benzene ring substituents is 2. The Morgan fingerprint density at radius 2 is 1.07 bits per heavy atom. The molecule has 0 heterocycles. The molecule has 0 bridgehead atoms. The third-order valence-corrected chi connectivity index (χ3v) is 3.86. The van der Waals surface area contributed by atoms with Gasteiger partial charge in [-0.25, -0.2) is 0 Å². The Labute approximate surface area is 170 Å². The zero-order valence-electron chi connectivity index (χ0n) is 15.5. The highest BCUT2D eigenvalue weighted by molar-refractivity contribution is 5.84. The first kappa shape index (κ1) is 20.1. The molecule has 0 aliphatic heterocycles. The molecule has 0 spiro atoms. The fourth-order valence-corrected chi connectivity index (χ4v) is 2.41. The number of nitrogens with zero attached hydrogens (tertiary/aromatic N) is 4. The SMILES string of the molecule is O=[N+]([O-])c1cccc(NN=Cc2ccc(C=NNc3cccc([N+](=O)[O-])c3)cc2)c1. The van der Waals surface area contributed by atoms with Crippen molar-refractivity contribution < 1.29 is 9.85 Å². The molecule has 0 fully saturated rings. The molecule has 10 heteroatoms. The van der Waals surface area contributed by atoms with E-state index in [2.05, 4.69) is 21.1 Å². The molecule has 0 aliphatic carbocycles. The average molecular weight is 404 g/mol. The predicted molar refractivity (Wildman–Crippen MR) is 115 cm³/mol. The molecule has 3 aromatic carbocycles. The molecule has 0 saturated carbocycles. The van der Waals surface area contributed by atoms with Crippen LogP contribution in [0.1, 0.15) is 11.1 Å². The summed E-state index contributed by atoms with van der Waals surface area (Å²) in [7, 11) is 0. The van der Waals surface area contributed by atoms with E-state index in [0.717, 1.165) is 11.1 Å². The fraction of sp³-hybridized carbons (Fsp3) is 0. The molecule has 10 nitrogen and oxygen atoms in total. The number of rotatable bonds is 8. The number of nitro benzene ring substituents is 2. The van der Waals surface area contributed by atoms with Gasteiger partial charge in [-0.1, -0.05) is 36.4 Å². The van der Waals surface area contributed by atoms with Gasteiger partial charge in [-0.15, -0.1) is 0 Å². The summed E-state index contributed by atoms with van der Waals surface area (Å²) in [5, 5.41) is 29.7. The van der Waals surface area contributed by atoms with Crippen molar-refractivity contribution in [3.63, 3.8) is 0 Å². The highest BCUT2D eigenvalue weighted by Crippen LogP contribution is 2.17. The molecular weight excluding hydrogens is 388 g/mol. The van der Waals surface area contributed by atoms with Gasteiger partial charge in [0.15, 0.2) is 0 Å². The Morgan fingerprint density at radius 1 is 0.667 bits per heavy atom. The lowest BCUT2D eigenvalue weighted by Crippen LogP contribution is -1.94. The van der Waals surface area contributed by atoms with Gasteiger partial charge in [0.25, 0.3) is 11.4 Å². The van der Waals surface area contributed by atoms with Crippen molar-refractivity contribution in [2.45, 2.75) is 0 Å². The maximum absolute atomic E-state index is 10.8. The van der Waals surface area contributed by atoms with Gasteiger partial charge in [0.05, 0.1) is 33.7 Å². The minimum Gasteiger partial charge on any atom is -0.278 e. The van der Waals surface area contributed by atoms with E-state index in [4.69, 9.17) is 0 Å². The van der Waals surface area contributed by atoms with Gasteiger partial charge in [-0.05, 0) is 23.3 Å². The van der Waals surface area contributed by atoms with Crippen LogP contribution in [-0.4, -0.2) is 22.3 Å². The van der Waals surface area contributed by atoms with Crippen LogP contribution in [0.3, 0.4) is 0 Å². The standard InChI is InChI=1S/C20H16N6O4/c27-25(28)19-5-1-3-17(11-19)23-21-13-15-7-9-16(10-8-15)14-22-24-18-4-2-6-20(12-18)26(29)30/h1-14,23-24H. The minimum atomic E-state index is -0.469. The van der Waals surface area contributed by atoms with E-state index in [-0.39, 0.29) is 11.4 Å². The summed E-state index contributed by atoms with van der Waals surface area (Å²) >= 11 is 0. The fourth-order valence-electron chi connectivity index (χ4n) is 2.41. The van der Waals surface area contributed by atoms with Crippen molar-refractivity contribution in [3.8, 4) is 0 Å². The van der Waals surface area contributed by atoms with E-state index >= 15 is 0 Å². The van der Waals surface area contributed by atoms with Crippen molar-refractivity contribution in [2.75, 3.05) is 10.9 Å². The number of nitro groups is 2. The van der Waals surface area contributed by atoms with E-state index < -0.39 is 9.85 Å². The van der Waals surface area contributed by atoms with Crippen molar-refractivity contribution in [1.29, 1.82) is 0 Å². The van der Waals surface area contributed by atoms with E-state index in [0.29, 0.717) is 11.4 Å². The van der Waals surface area contributed by atoms with Crippen molar-refractivity contribution in [1.82, 2.24) is 0 Å². The predicted octanol–water partition coefficient (Wildman–Crippen LogP) is 4.40. The number of hydrogen-bond acceptors (Lipinski definition) is 8. The monoisotopic (exact) mass is 404 g/mol. The van der Waals surface area contributed by atoms with Crippen LogP contribution in [0, 0.1) is 20.2 Å². The summed E-state index contributed by atoms with van der Waals surface area (Å²) in [6, 6.07) is 19.4. The summed E-state index contributed by atoms with van der Waals surface area (Å²) in [6.45, 7) is 0. The molecule has 0 amide bonds. The summed E-state index contributed by atoms with van der Waals surface area (Å²) in [6.07, 6.45) is 3.17. The van der Waals surface area contributed by atoms with Gasteiger partial charge in [0.1, 0.15) is 0 Å². The zero-order valence-corrected chi connectivity index (χ0v) is 15.5. The van der Waals surface area contributed by atoms with E-state index in [1.165, 1.54) is 24.3 Å². The Bertz CT molecular complexity index is 1020. The normalized spacial score (nSPS) is 10.9. The first-order valence-electron chi connectivity index (χ1n) is 8.68. The van der Waals surface area contributed by atoms with Crippen LogP contribution < -0.4 is 10.9 Å². The quantitative estimate of drug-likeness (QED) is 0.325. The Morgan fingerprint density at radius 3 is 1.43 bits per heavy atom. The largest absolute Gasteiger partial charge is 0.278 e. The molecule has 3 rings (SSSR count). The topological polar surface area (TPSA) is 135 Å².